The molecule has 25 heavy (non-hydrogen) atoms. The van der Waals surface area contributed by atoms with Crippen LogP contribution in [0.2, 0.25) is 0 Å². The van der Waals surface area contributed by atoms with Gasteiger partial charge in [0.25, 0.3) is 0 Å². The number of hydrogen-bond donors (Lipinski definition) is 1. The van der Waals surface area contributed by atoms with E-state index in [0.29, 0.717) is 6.54 Å². The zero-order valence-corrected chi connectivity index (χ0v) is 13.7. The highest BCUT2D eigenvalue weighted by molar-refractivity contribution is 5.94. The van der Waals surface area contributed by atoms with Crippen LogP contribution in [0.4, 0.5) is 13.2 Å². The summed E-state index contributed by atoms with van der Waals surface area (Å²) in [6.45, 7) is 1.14. The van der Waals surface area contributed by atoms with Gasteiger partial charge in [0.2, 0.25) is 0 Å². The first kappa shape index (κ1) is 17.5. The third kappa shape index (κ3) is 3.54. The molecule has 0 amide bonds. The number of halogens is 3. The Balaban J connectivity index is 1.94. The van der Waals surface area contributed by atoms with Crippen LogP contribution in [-0.4, -0.2) is 27.6 Å². The second-order valence-corrected chi connectivity index (χ2v) is 6.33. The van der Waals surface area contributed by atoms with E-state index < -0.39 is 11.8 Å². The van der Waals surface area contributed by atoms with Gasteiger partial charge in [-0.05, 0) is 18.1 Å². The summed E-state index contributed by atoms with van der Waals surface area (Å²) >= 11 is 0. The Hall–Kier alpha value is -2.34. The van der Waals surface area contributed by atoms with Crippen LogP contribution in [0.25, 0.3) is 0 Å². The van der Waals surface area contributed by atoms with Crippen LogP contribution >= 0.6 is 0 Å². The maximum Gasteiger partial charge on any atom is 0.422 e. The maximum atomic E-state index is 13.2. The molecule has 0 fully saturated rings. The summed E-state index contributed by atoms with van der Waals surface area (Å²) in [6, 6.07) is 18.4. The fourth-order valence-electron chi connectivity index (χ4n) is 2.89. The lowest BCUT2D eigenvalue weighted by Crippen LogP contribution is -2.48. The van der Waals surface area contributed by atoms with Gasteiger partial charge in [0, 0.05) is 6.42 Å². The zero-order valence-electron chi connectivity index (χ0n) is 13.7. The van der Waals surface area contributed by atoms with E-state index in [1.54, 1.807) is 5.01 Å². The second kappa shape index (κ2) is 6.52. The molecule has 1 N–H and O–H groups in total. The maximum absolute atomic E-state index is 13.2. The van der Waals surface area contributed by atoms with Gasteiger partial charge in [0.05, 0.1) is 18.3 Å². The standard InChI is InChI=1S/C19H19F3N2O/c1-18(25,19(20,21)22)17-12-16(15-10-6-3-7-11-15)24(23-17)13-14-8-4-2-5-9-14/h2-11,16,25H,12-13H2,1H3. The Morgan fingerprint density at radius 3 is 2.16 bits per heavy atom. The van der Waals surface area contributed by atoms with E-state index in [1.807, 2.05) is 60.7 Å². The molecule has 6 heteroatoms. The van der Waals surface area contributed by atoms with E-state index >= 15 is 0 Å². The fraction of sp³-hybridized carbons (Fsp3) is 0.316. The smallest absolute Gasteiger partial charge is 0.376 e. The lowest BCUT2D eigenvalue weighted by molar-refractivity contribution is -0.224. The molecule has 0 radical (unpaired) electrons. The monoisotopic (exact) mass is 348 g/mol. The van der Waals surface area contributed by atoms with Crippen molar-refractivity contribution in [3.05, 3.63) is 71.8 Å². The first-order valence-electron chi connectivity index (χ1n) is 8.01. The largest absolute Gasteiger partial charge is 0.422 e. The molecule has 132 valence electrons. The van der Waals surface area contributed by atoms with E-state index in [2.05, 4.69) is 5.10 Å². The van der Waals surface area contributed by atoms with Crippen molar-refractivity contribution in [3.8, 4) is 0 Å². The average molecular weight is 348 g/mol. The van der Waals surface area contributed by atoms with Gasteiger partial charge in [-0.1, -0.05) is 60.7 Å². The lowest BCUT2D eigenvalue weighted by atomic mass is 9.92. The van der Waals surface area contributed by atoms with Crippen molar-refractivity contribution >= 4 is 5.71 Å². The fourth-order valence-corrected chi connectivity index (χ4v) is 2.89. The van der Waals surface area contributed by atoms with Gasteiger partial charge in [-0.2, -0.15) is 18.3 Å². The van der Waals surface area contributed by atoms with Crippen molar-refractivity contribution in [3.63, 3.8) is 0 Å². The molecule has 0 aromatic heterocycles. The van der Waals surface area contributed by atoms with Gasteiger partial charge in [-0.3, -0.25) is 5.01 Å². The van der Waals surface area contributed by atoms with Crippen LogP contribution in [0, 0.1) is 0 Å². The molecule has 0 bridgehead atoms. The Labute approximate surface area is 144 Å². The molecular weight excluding hydrogens is 329 g/mol. The highest BCUT2D eigenvalue weighted by Crippen LogP contribution is 2.40. The molecule has 0 spiro atoms. The molecular formula is C19H19F3N2O. The van der Waals surface area contributed by atoms with Crippen LogP contribution in [0.1, 0.15) is 30.5 Å². The first-order chi connectivity index (χ1) is 11.8. The molecule has 1 aliphatic rings. The summed E-state index contributed by atoms with van der Waals surface area (Å²) in [5.74, 6) is 0. The molecule has 0 aliphatic carbocycles. The van der Waals surface area contributed by atoms with Gasteiger partial charge >= 0.3 is 6.18 Å². The lowest BCUT2D eigenvalue weighted by Gasteiger charge is -2.26. The predicted molar refractivity (Wildman–Crippen MR) is 89.9 cm³/mol. The minimum atomic E-state index is -4.77. The molecule has 0 saturated carbocycles. The van der Waals surface area contributed by atoms with Crippen LogP contribution in [0.15, 0.2) is 65.8 Å². The quantitative estimate of drug-likeness (QED) is 0.894. The van der Waals surface area contributed by atoms with Crippen molar-refractivity contribution in [2.75, 3.05) is 0 Å². The molecule has 1 aliphatic heterocycles. The van der Waals surface area contributed by atoms with E-state index in [1.165, 1.54) is 0 Å². The average Bonchev–Trinajstić information content (AvgIpc) is 3.00. The summed E-state index contributed by atoms with van der Waals surface area (Å²) in [4.78, 5) is 0. The van der Waals surface area contributed by atoms with Gasteiger partial charge in [-0.15, -0.1) is 0 Å². The van der Waals surface area contributed by atoms with E-state index in [0.717, 1.165) is 18.1 Å². The number of nitrogens with zero attached hydrogens (tertiary/aromatic N) is 2. The van der Waals surface area contributed by atoms with E-state index in [-0.39, 0.29) is 18.2 Å². The highest BCUT2D eigenvalue weighted by atomic mass is 19.4. The zero-order chi connectivity index (χ0) is 18.1. The van der Waals surface area contributed by atoms with Crippen LogP contribution in [0.5, 0.6) is 0 Å². The van der Waals surface area contributed by atoms with Crippen molar-refractivity contribution in [1.82, 2.24) is 5.01 Å². The normalized spacial score (nSPS) is 20.3. The second-order valence-electron chi connectivity index (χ2n) is 6.33. The van der Waals surface area contributed by atoms with Gasteiger partial charge in [0.1, 0.15) is 0 Å². The summed E-state index contributed by atoms with van der Waals surface area (Å²) in [5, 5.41) is 15.8. The van der Waals surface area contributed by atoms with Gasteiger partial charge in [0.15, 0.2) is 5.60 Å². The van der Waals surface area contributed by atoms with Crippen LogP contribution in [-0.2, 0) is 6.54 Å². The van der Waals surface area contributed by atoms with Crippen LogP contribution in [0.3, 0.4) is 0 Å². The summed E-state index contributed by atoms with van der Waals surface area (Å²) in [6.07, 6.45) is -4.74. The first-order valence-corrected chi connectivity index (χ1v) is 8.01. The number of alkyl halides is 3. The van der Waals surface area contributed by atoms with Crippen LogP contribution < -0.4 is 0 Å². The Morgan fingerprint density at radius 2 is 1.60 bits per heavy atom. The Kier molecular flexibility index (Phi) is 4.56. The summed E-state index contributed by atoms with van der Waals surface area (Å²) in [7, 11) is 0. The van der Waals surface area contributed by atoms with E-state index in [4.69, 9.17) is 0 Å². The van der Waals surface area contributed by atoms with Gasteiger partial charge < -0.3 is 5.11 Å². The Bertz CT molecular complexity index is 742. The molecule has 2 atom stereocenters. The number of rotatable bonds is 4. The minimum absolute atomic E-state index is 0.0311. The van der Waals surface area contributed by atoms with Crippen molar-refractivity contribution in [2.24, 2.45) is 5.10 Å². The number of hydrogen-bond acceptors (Lipinski definition) is 3. The molecule has 1 heterocycles. The van der Waals surface area contributed by atoms with E-state index in [9.17, 15) is 18.3 Å². The molecule has 0 saturated heterocycles. The molecule has 3 rings (SSSR count). The number of benzene rings is 2. The molecule has 2 aromatic carbocycles. The number of hydrazone groups is 1. The van der Waals surface area contributed by atoms with Gasteiger partial charge in [-0.25, -0.2) is 0 Å². The molecule has 3 nitrogen and oxygen atoms in total. The Morgan fingerprint density at radius 1 is 1.04 bits per heavy atom. The van der Waals surface area contributed by atoms with Crippen molar-refractivity contribution in [2.45, 2.75) is 37.7 Å². The van der Waals surface area contributed by atoms with Crippen molar-refractivity contribution in [1.29, 1.82) is 0 Å². The van der Waals surface area contributed by atoms with Crippen molar-refractivity contribution < 1.29 is 18.3 Å². The molecule has 2 aromatic rings. The number of aliphatic hydroxyl groups is 1. The molecule has 2 unspecified atom stereocenters. The summed E-state index contributed by atoms with van der Waals surface area (Å²) < 4.78 is 39.7. The predicted octanol–water partition coefficient (Wildman–Crippen LogP) is 4.30. The minimum Gasteiger partial charge on any atom is -0.376 e. The SMILES string of the molecule is CC(O)(C1=NN(Cc2ccccc2)C(c2ccccc2)C1)C(F)(F)F. The third-order valence-corrected chi connectivity index (χ3v) is 4.48. The summed E-state index contributed by atoms with van der Waals surface area (Å²) in [5.41, 5.74) is -1.38. The highest BCUT2D eigenvalue weighted by Gasteiger charge is 2.55. The topological polar surface area (TPSA) is 35.8 Å². The third-order valence-electron chi connectivity index (χ3n) is 4.48.